The average molecular weight is 246 g/mol. The number of carbonyl (C=O) groups is 1. The first kappa shape index (κ1) is 12.8. The number of esters is 1. The zero-order valence-electron chi connectivity index (χ0n) is 10.4. The average Bonchev–Trinajstić information content (AvgIpc) is 2.45. The second-order valence-electron chi connectivity index (χ2n) is 4.30. The maximum absolute atomic E-state index is 11.6. The highest BCUT2D eigenvalue weighted by Gasteiger charge is 2.10. The fraction of sp³-hybridized carbons (Fsp3) is 0.400. The molecule has 96 valence electrons. The smallest absolute Gasteiger partial charge is 0.338 e. The van der Waals surface area contributed by atoms with Crippen molar-refractivity contribution in [3.05, 3.63) is 48.0 Å². The summed E-state index contributed by atoms with van der Waals surface area (Å²) in [6.45, 7) is 1.13. The monoisotopic (exact) mass is 246 g/mol. The molecular formula is C15H18O3. The van der Waals surface area contributed by atoms with E-state index in [2.05, 4.69) is 0 Å². The first-order valence-corrected chi connectivity index (χ1v) is 6.37. The SMILES string of the molecule is O=C(OC/C=C/[C@@H]1CCCCO1)c1ccccc1. The van der Waals surface area contributed by atoms with Crippen molar-refractivity contribution < 1.29 is 14.3 Å². The summed E-state index contributed by atoms with van der Waals surface area (Å²) in [7, 11) is 0. The number of ether oxygens (including phenoxy) is 2. The lowest BCUT2D eigenvalue weighted by Gasteiger charge is -2.19. The van der Waals surface area contributed by atoms with Crippen LogP contribution in [0.15, 0.2) is 42.5 Å². The van der Waals surface area contributed by atoms with Crippen molar-refractivity contribution in [2.75, 3.05) is 13.2 Å². The Kier molecular flexibility index (Phi) is 4.97. The van der Waals surface area contributed by atoms with Gasteiger partial charge in [0.25, 0.3) is 0 Å². The standard InChI is InChI=1S/C15H18O3/c16-15(13-7-2-1-3-8-13)18-12-6-10-14-9-4-5-11-17-14/h1-3,6-8,10,14H,4-5,9,11-12H2/b10-6+/t14-/m0/s1. The van der Waals surface area contributed by atoms with Gasteiger partial charge in [-0.05, 0) is 37.5 Å². The molecule has 1 fully saturated rings. The predicted octanol–water partition coefficient (Wildman–Crippen LogP) is 2.97. The molecule has 0 saturated carbocycles. The van der Waals surface area contributed by atoms with Crippen LogP contribution in [0.4, 0.5) is 0 Å². The van der Waals surface area contributed by atoms with Crippen molar-refractivity contribution >= 4 is 5.97 Å². The molecule has 1 aromatic rings. The van der Waals surface area contributed by atoms with Crippen molar-refractivity contribution in [2.45, 2.75) is 25.4 Å². The second kappa shape index (κ2) is 6.97. The van der Waals surface area contributed by atoms with Crippen LogP contribution in [-0.2, 0) is 9.47 Å². The molecule has 1 atom stereocenters. The van der Waals surface area contributed by atoms with Gasteiger partial charge < -0.3 is 9.47 Å². The van der Waals surface area contributed by atoms with Crippen LogP contribution in [0.5, 0.6) is 0 Å². The molecule has 1 heterocycles. The minimum Gasteiger partial charge on any atom is -0.458 e. The minimum absolute atomic E-state index is 0.189. The lowest BCUT2D eigenvalue weighted by atomic mass is 10.1. The Hall–Kier alpha value is -1.61. The van der Waals surface area contributed by atoms with Gasteiger partial charge in [-0.2, -0.15) is 0 Å². The Morgan fingerprint density at radius 3 is 2.89 bits per heavy atom. The third-order valence-electron chi connectivity index (χ3n) is 2.89. The Morgan fingerprint density at radius 2 is 2.17 bits per heavy atom. The fourth-order valence-corrected chi connectivity index (χ4v) is 1.91. The molecule has 3 heteroatoms. The van der Waals surface area contributed by atoms with Gasteiger partial charge in [-0.1, -0.05) is 24.3 Å². The molecule has 0 spiro atoms. The molecule has 0 unspecified atom stereocenters. The summed E-state index contributed by atoms with van der Waals surface area (Å²) in [6.07, 6.45) is 7.44. The fourth-order valence-electron chi connectivity index (χ4n) is 1.91. The van der Waals surface area contributed by atoms with E-state index in [0.717, 1.165) is 19.4 Å². The summed E-state index contributed by atoms with van der Waals surface area (Å²) >= 11 is 0. The summed E-state index contributed by atoms with van der Waals surface area (Å²) in [5.41, 5.74) is 0.583. The number of carbonyl (C=O) groups excluding carboxylic acids is 1. The highest BCUT2D eigenvalue weighted by Crippen LogP contribution is 2.13. The van der Waals surface area contributed by atoms with Gasteiger partial charge in [0.15, 0.2) is 0 Å². The maximum atomic E-state index is 11.6. The Morgan fingerprint density at radius 1 is 1.33 bits per heavy atom. The van der Waals surface area contributed by atoms with Crippen LogP contribution >= 0.6 is 0 Å². The topological polar surface area (TPSA) is 35.5 Å². The van der Waals surface area contributed by atoms with Crippen LogP contribution in [0.2, 0.25) is 0 Å². The van der Waals surface area contributed by atoms with Crippen molar-refractivity contribution in [1.29, 1.82) is 0 Å². The molecule has 0 bridgehead atoms. The van der Waals surface area contributed by atoms with Gasteiger partial charge >= 0.3 is 5.97 Å². The molecule has 3 nitrogen and oxygen atoms in total. The molecule has 1 aromatic carbocycles. The third kappa shape index (κ3) is 4.00. The van der Waals surface area contributed by atoms with E-state index >= 15 is 0 Å². The van der Waals surface area contributed by atoms with Crippen molar-refractivity contribution in [3.63, 3.8) is 0 Å². The maximum Gasteiger partial charge on any atom is 0.338 e. The normalized spacial score (nSPS) is 19.9. The van der Waals surface area contributed by atoms with E-state index in [9.17, 15) is 4.79 Å². The third-order valence-corrected chi connectivity index (χ3v) is 2.89. The van der Waals surface area contributed by atoms with Gasteiger partial charge in [-0.3, -0.25) is 0 Å². The summed E-state index contributed by atoms with van der Waals surface area (Å²) in [5, 5.41) is 0. The first-order valence-electron chi connectivity index (χ1n) is 6.37. The summed E-state index contributed by atoms with van der Waals surface area (Å²) in [4.78, 5) is 11.6. The largest absolute Gasteiger partial charge is 0.458 e. The lowest BCUT2D eigenvalue weighted by molar-refractivity contribution is 0.0448. The summed E-state index contributed by atoms with van der Waals surface area (Å²) < 4.78 is 10.7. The molecule has 0 amide bonds. The van der Waals surface area contributed by atoms with Crippen molar-refractivity contribution in [3.8, 4) is 0 Å². The van der Waals surface area contributed by atoms with Crippen LogP contribution in [0.25, 0.3) is 0 Å². The first-order chi connectivity index (χ1) is 8.86. The highest BCUT2D eigenvalue weighted by atomic mass is 16.5. The lowest BCUT2D eigenvalue weighted by Crippen LogP contribution is -2.16. The van der Waals surface area contributed by atoms with Crippen LogP contribution in [0.3, 0.4) is 0 Å². The number of rotatable bonds is 4. The zero-order valence-corrected chi connectivity index (χ0v) is 10.4. The minimum atomic E-state index is -0.287. The number of hydrogen-bond acceptors (Lipinski definition) is 3. The molecule has 0 radical (unpaired) electrons. The van der Waals surface area contributed by atoms with E-state index < -0.39 is 0 Å². The molecule has 0 aliphatic carbocycles. The van der Waals surface area contributed by atoms with Crippen molar-refractivity contribution in [1.82, 2.24) is 0 Å². The van der Waals surface area contributed by atoms with E-state index in [1.807, 2.05) is 30.4 Å². The number of benzene rings is 1. The van der Waals surface area contributed by atoms with E-state index in [0.29, 0.717) is 12.2 Å². The van der Waals surface area contributed by atoms with Gasteiger partial charge in [0.2, 0.25) is 0 Å². The summed E-state index contributed by atoms with van der Waals surface area (Å²) in [5.74, 6) is -0.287. The van der Waals surface area contributed by atoms with E-state index in [-0.39, 0.29) is 12.1 Å². The molecule has 0 aromatic heterocycles. The Bertz CT molecular complexity index is 391. The molecule has 1 aliphatic heterocycles. The second-order valence-corrected chi connectivity index (χ2v) is 4.30. The van der Waals surface area contributed by atoms with Crippen LogP contribution in [-0.4, -0.2) is 25.3 Å². The zero-order chi connectivity index (χ0) is 12.6. The highest BCUT2D eigenvalue weighted by molar-refractivity contribution is 5.89. The van der Waals surface area contributed by atoms with Crippen LogP contribution in [0.1, 0.15) is 29.6 Å². The molecule has 1 aliphatic rings. The molecule has 18 heavy (non-hydrogen) atoms. The molecular weight excluding hydrogens is 228 g/mol. The van der Waals surface area contributed by atoms with Gasteiger partial charge in [0, 0.05) is 6.61 Å². The molecule has 1 saturated heterocycles. The van der Waals surface area contributed by atoms with E-state index in [4.69, 9.17) is 9.47 Å². The molecule has 2 rings (SSSR count). The predicted molar refractivity (Wildman–Crippen MR) is 69.5 cm³/mol. The van der Waals surface area contributed by atoms with Crippen LogP contribution in [0, 0.1) is 0 Å². The Balaban J connectivity index is 1.71. The van der Waals surface area contributed by atoms with Gasteiger partial charge in [-0.25, -0.2) is 4.79 Å². The van der Waals surface area contributed by atoms with Gasteiger partial charge in [-0.15, -0.1) is 0 Å². The van der Waals surface area contributed by atoms with Gasteiger partial charge in [0.05, 0.1) is 11.7 Å². The Labute approximate surface area is 107 Å². The van der Waals surface area contributed by atoms with E-state index in [1.165, 1.54) is 6.42 Å². The van der Waals surface area contributed by atoms with Crippen molar-refractivity contribution in [2.24, 2.45) is 0 Å². The summed E-state index contributed by atoms with van der Waals surface area (Å²) in [6, 6.07) is 9.01. The van der Waals surface area contributed by atoms with Crippen LogP contribution < -0.4 is 0 Å². The quantitative estimate of drug-likeness (QED) is 0.605. The molecule has 0 N–H and O–H groups in total. The number of hydrogen-bond donors (Lipinski definition) is 0. The van der Waals surface area contributed by atoms with Gasteiger partial charge in [0.1, 0.15) is 6.61 Å². The van der Waals surface area contributed by atoms with E-state index in [1.54, 1.807) is 12.1 Å².